The normalized spacial score (nSPS) is 18.6. The Hall–Kier alpha value is -2.76. The predicted molar refractivity (Wildman–Crippen MR) is 124 cm³/mol. The lowest BCUT2D eigenvalue weighted by molar-refractivity contribution is -0.671. The van der Waals surface area contributed by atoms with Crippen LogP contribution in [0.2, 0.25) is 5.02 Å². The second-order valence-electron chi connectivity index (χ2n) is 8.76. The van der Waals surface area contributed by atoms with Crippen LogP contribution < -0.4 is 4.57 Å². The summed E-state index contributed by atoms with van der Waals surface area (Å²) in [6.07, 6.45) is 8.27. The fourth-order valence-corrected chi connectivity index (χ4v) is 5.11. The molecular formula is C26H28ClN4O+. The highest BCUT2D eigenvalue weighted by Gasteiger charge is 2.33. The van der Waals surface area contributed by atoms with E-state index in [4.69, 9.17) is 16.6 Å². The zero-order valence-electron chi connectivity index (χ0n) is 18.4. The lowest BCUT2D eigenvalue weighted by Crippen LogP contribution is -2.50. The number of hydrogen-bond acceptors (Lipinski definition) is 3. The molecule has 2 aliphatic rings. The van der Waals surface area contributed by atoms with Gasteiger partial charge in [0.2, 0.25) is 5.91 Å². The first kappa shape index (κ1) is 21.1. The summed E-state index contributed by atoms with van der Waals surface area (Å²) >= 11 is 6.33. The van der Waals surface area contributed by atoms with Crippen LogP contribution in [0.5, 0.6) is 0 Å². The third-order valence-corrected chi connectivity index (χ3v) is 6.92. The molecule has 32 heavy (non-hydrogen) atoms. The van der Waals surface area contributed by atoms with Crippen molar-refractivity contribution in [2.45, 2.75) is 25.3 Å². The van der Waals surface area contributed by atoms with Gasteiger partial charge in [-0.2, -0.15) is 0 Å². The van der Waals surface area contributed by atoms with Crippen molar-refractivity contribution in [1.29, 1.82) is 0 Å². The van der Waals surface area contributed by atoms with Crippen LogP contribution in [0.15, 0.2) is 61.1 Å². The van der Waals surface area contributed by atoms with E-state index >= 15 is 0 Å². The number of nitrogens with zero attached hydrogens (tertiary/aromatic N) is 4. The van der Waals surface area contributed by atoms with Gasteiger partial charge < -0.3 is 4.90 Å². The van der Waals surface area contributed by atoms with E-state index in [2.05, 4.69) is 23.1 Å². The highest BCUT2D eigenvalue weighted by atomic mass is 35.5. The van der Waals surface area contributed by atoms with Gasteiger partial charge in [-0.3, -0.25) is 14.7 Å². The number of carbonyl (C=O) groups excluding carboxylic acids is 1. The summed E-state index contributed by atoms with van der Waals surface area (Å²) < 4.78 is 1.98. The van der Waals surface area contributed by atoms with Crippen molar-refractivity contribution in [2.75, 3.05) is 26.2 Å². The van der Waals surface area contributed by atoms with Crippen LogP contribution in [-0.2, 0) is 31.1 Å². The van der Waals surface area contributed by atoms with Crippen LogP contribution in [0, 0.1) is 0 Å². The average molecular weight is 448 g/mol. The Bertz CT molecular complexity index is 1120. The van der Waals surface area contributed by atoms with Gasteiger partial charge >= 0.3 is 0 Å². The molecule has 5 rings (SSSR count). The van der Waals surface area contributed by atoms with E-state index in [1.165, 1.54) is 16.7 Å². The van der Waals surface area contributed by atoms with Crippen molar-refractivity contribution >= 4 is 17.5 Å². The highest BCUT2D eigenvalue weighted by molar-refractivity contribution is 6.30. The van der Waals surface area contributed by atoms with Gasteiger partial charge in [0.1, 0.15) is 7.05 Å². The molecule has 6 heteroatoms. The van der Waals surface area contributed by atoms with E-state index in [9.17, 15) is 4.79 Å². The molecule has 0 unspecified atom stereocenters. The van der Waals surface area contributed by atoms with Crippen LogP contribution in [0.25, 0.3) is 0 Å². The van der Waals surface area contributed by atoms with E-state index in [1.54, 1.807) is 0 Å². The number of aryl methyl sites for hydroxylation is 3. The average Bonchev–Trinajstić information content (AvgIpc) is 2.97. The Balaban J connectivity index is 1.35. The molecule has 0 radical (unpaired) electrons. The number of halogens is 1. The van der Waals surface area contributed by atoms with E-state index < -0.39 is 0 Å². The number of rotatable bonds is 3. The summed E-state index contributed by atoms with van der Waals surface area (Å²) in [6, 6.07) is 14.6. The first-order valence-electron chi connectivity index (χ1n) is 11.3. The van der Waals surface area contributed by atoms with Gasteiger partial charge in [0.25, 0.3) is 0 Å². The minimum absolute atomic E-state index is 0.104. The fourth-order valence-electron chi connectivity index (χ4n) is 4.92. The van der Waals surface area contributed by atoms with Gasteiger partial charge in [-0.05, 0) is 53.3 Å². The van der Waals surface area contributed by atoms with Gasteiger partial charge in [0.15, 0.2) is 12.4 Å². The van der Waals surface area contributed by atoms with Crippen LogP contribution in [0.4, 0.5) is 0 Å². The lowest BCUT2D eigenvalue weighted by Gasteiger charge is -2.39. The predicted octanol–water partition coefficient (Wildman–Crippen LogP) is 3.13. The van der Waals surface area contributed by atoms with Gasteiger partial charge in [-0.15, -0.1) is 0 Å². The molecular weight excluding hydrogens is 420 g/mol. The van der Waals surface area contributed by atoms with E-state index in [1.807, 2.05) is 59.4 Å². The third-order valence-electron chi connectivity index (χ3n) is 6.68. The summed E-state index contributed by atoms with van der Waals surface area (Å²) in [5.41, 5.74) is 6.11. The molecule has 3 aromatic rings. The number of aromatic nitrogens is 2. The molecule has 1 saturated heterocycles. The molecule has 1 aromatic carbocycles. The minimum atomic E-state index is 0.104. The number of amides is 1. The van der Waals surface area contributed by atoms with Crippen molar-refractivity contribution in [3.63, 3.8) is 0 Å². The molecule has 0 bridgehead atoms. The minimum Gasteiger partial charge on any atom is -0.340 e. The molecule has 164 valence electrons. The van der Waals surface area contributed by atoms with Crippen molar-refractivity contribution < 1.29 is 9.36 Å². The second kappa shape index (κ2) is 9.00. The van der Waals surface area contributed by atoms with E-state index in [0.717, 1.165) is 55.3 Å². The van der Waals surface area contributed by atoms with Crippen LogP contribution in [0.3, 0.4) is 0 Å². The molecule has 1 aliphatic heterocycles. The number of benzene rings is 1. The topological polar surface area (TPSA) is 40.3 Å². The number of piperazine rings is 1. The third kappa shape index (κ3) is 4.27. The molecule has 3 heterocycles. The van der Waals surface area contributed by atoms with Crippen molar-refractivity contribution in [3.05, 3.63) is 94.0 Å². The van der Waals surface area contributed by atoms with Crippen molar-refractivity contribution in [3.8, 4) is 0 Å². The standard InChI is InChI=1S/C26H28ClN4O/c1-29-11-8-19(9-12-29)17-24(32)30-13-15-31(16-14-30)26-23-7-6-22(27)18-21(23)5-4-20-3-2-10-28-25(20)26/h2-3,6-12,18,26H,4-5,13-17H2,1H3/q+1/t26-/m1/s1. The fraction of sp³-hybridized carbons (Fsp3) is 0.346. The zero-order chi connectivity index (χ0) is 22.1. The zero-order valence-corrected chi connectivity index (χ0v) is 19.1. The van der Waals surface area contributed by atoms with Crippen LogP contribution in [0.1, 0.15) is 34.0 Å². The number of hydrogen-bond donors (Lipinski definition) is 0. The quantitative estimate of drug-likeness (QED) is 0.579. The summed E-state index contributed by atoms with van der Waals surface area (Å²) in [7, 11) is 1.98. The van der Waals surface area contributed by atoms with Crippen LogP contribution >= 0.6 is 11.6 Å². The SMILES string of the molecule is C[n+]1ccc(CC(=O)N2CCN([C@@H]3c4ccc(Cl)cc4CCc4cccnc43)CC2)cc1. The molecule has 2 aromatic heterocycles. The first-order valence-corrected chi connectivity index (χ1v) is 11.6. The lowest BCUT2D eigenvalue weighted by atomic mass is 9.96. The Morgan fingerprint density at radius 3 is 2.59 bits per heavy atom. The van der Waals surface area contributed by atoms with Gasteiger partial charge in [0, 0.05) is 49.5 Å². The largest absolute Gasteiger partial charge is 0.340 e. The molecule has 5 nitrogen and oxygen atoms in total. The van der Waals surface area contributed by atoms with E-state index in [-0.39, 0.29) is 11.9 Å². The molecule has 1 atom stereocenters. The van der Waals surface area contributed by atoms with Crippen molar-refractivity contribution in [2.24, 2.45) is 7.05 Å². The Kier molecular flexibility index (Phi) is 5.94. The van der Waals surface area contributed by atoms with Gasteiger partial charge in [-0.1, -0.05) is 23.7 Å². The maximum atomic E-state index is 12.9. The molecule has 1 aliphatic carbocycles. The van der Waals surface area contributed by atoms with Crippen molar-refractivity contribution in [1.82, 2.24) is 14.8 Å². The van der Waals surface area contributed by atoms with Crippen LogP contribution in [-0.4, -0.2) is 46.9 Å². The molecule has 0 saturated carbocycles. The number of carbonyl (C=O) groups is 1. The number of fused-ring (bicyclic) bond motifs is 2. The molecule has 1 fully saturated rings. The highest BCUT2D eigenvalue weighted by Crippen LogP contribution is 2.37. The summed E-state index contributed by atoms with van der Waals surface area (Å²) in [4.78, 5) is 22.2. The Labute approximate surface area is 194 Å². The summed E-state index contributed by atoms with van der Waals surface area (Å²) in [5.74, 6) is 0.199. The summed E-state index contributed by atoms with van der Waals surface area (Å²) in [6.45, 7) is 3.14. The molecule has 0 spiro atoms. The first-order chi connectivity index (χ1) is 15.6. The summed E-state index contributed by atoms with van der Waals surface area (Å²) in [5, 5.41) is 0.784. The van der Waals surface area contributed by atoms with E-state index in [0.29, 0.717) is 6.42 Å². The van der Waals surface area contributed by atoms with Gasteiger partial charge in [-0.25, -0.2) is 4.57 Å². The second-order valence-corrected chi connectivity index (χ2v) is 9.20. The molecule has 1 amide bonds. The number of pyridine rings is 2. The Morgan fingerprint density at radius 2 is 1.81 bits per heavy atom. The maximum Gasteiger partial charge on any atom is 0.227 e. The maximum absolute atomic E-state index is 12.9. The van der Waals surface area contributed by atoms with Gasteiger partial charge in [0.05, 0.1) is 18.2 Å². The Morgan fingerprint density at radius 1 is 1.06 bits per heavy atom. The molecule has 0 N–H and O–H groups in total. The monoisotopic (exact) mass is 447 g/mol. The smallest absolute Gasteiger partial charge is 0.227 e.